The third-order valence-electron chi connectivity index (χ3n) is 5.86. The third kappa shape index (κ3) is 4.48. The summed E-state index contributed by atoms with van der Waals surface area (Å²) in [7, 11) is 0. The van der Waals surface area contributed by atoms with Crippen molar-refractivity contribution in [3.8, 4) is 0 Å². The van der Waals surface area contributed by atoms with Gasteiger partial charge in [-0.25, -0.2) is 4.39 Å². The number of carboxylic acids is 1. The minimum Gasteiger partial charge on any atom is -0.481 e. The number of carbonyl (C=O) groups excluding carboxylic acids is 1. The summed E-state index contributed by atoms with van der Waals surface area (Å²) >= 11 is 0. The second-order valence-corrected chi connectivity index (χ2v) is 7.79. The highest BCUT2D eigenvalue weighted by Gasteiger charge is 2.49. The molecule has 6 heteroatoms. The predicted molar refractivity (Wildman–Crippen MR) is 107 cm³/mol. The number of halogens is 1. The maximum Gasteiger partial charge on any atom is 0.314 e. The fourth-order valence-electron chi connectivity index (χ4n) is 4.06. The van der Waals surface area contributed by atoms with Crippen molar-refractivity contribution in [3.05, 3.63) is 71.0 Å². The molecule has 0 aromatic heterocycles. The largest absolute Gasteiger partial charge is 0.481 e. The smallest absolute Gasteiger partial charge is 0.314 e. The summed E-state index contributed by atoms with van der Waals surface area (Å²) in [6.45, 7) is 1.87. The van der Waals surface area contributed by atoms with Crippen molar-refractivity contribution < 1.29 is 24.2 Å². The molecule has 0 spiro atoms. The number of aliphatic carboxylic acids is 1. The highest BCUT2D eigenvalue weighted by Crippen LogP contribution is 2.37. The lowest BCUT2D eigenvalue weighted by Gasteiger charge is -2.43. The molecule has 154 valence electrons. The SMILES string of the molecule is Cc1ccc(F)cc1C(=O)N1CC[C@H](O)[C@](CCCc2ccccc2)(C(=O)O)C1. The number of aliphatic hydroxyl groups excluding tert-OH is 1. The molecule has 1 aliphatic rings. The number of hydrogen-bond acceptors (Lipinski definition) is 3. The van der Waals surface area contributed by atoms with Crippen molar-refractivity contribution in [2.45, 2.75) is 38.7 Å². The molecule has 0 radical (unpaired) electrons. The van der Waals surface area contributed by atoms with E-state index in [4.69, 9.17) is 0 Å². The topological polar surface area (TPSA) is 77.8 Å². The summed E-state index contributed by atoms with van der Waals surface area (Å²) in [4.78, 5) is 26.6. The summed E-state index contributed by atoms with van der Waals surface area (Å²) in [6, 6.07) is 13.7. The minimum absolute atomic E-state index is 0.0902. The molecule has 3 rings (SSSR count). The number of aryl methyl sites for hydroxylation is 2. The molecular weight excluding hydrogens is 373 g/mol. The first-order chi connectivity index (χ1) is 13.8. The van der Waals surface area contributed by atoms with Gasteiger partial charge < -0.3 is 15.1 Å². The summed E-state index contributed by atoms with van der Waals surface area (Å²) < 4.78 is 13.6. The van der Waals surface area contributed by atoms with Crippen LogP contribution in [-0.2, 0) is 11.2 Å². The lowest BCUT2D eigenvalue weighted by Crippen LogP contribution is -2.57. The number of piperidine rings is 1. The van der Waals surface area contributed by atoms with Crippen LogP contribution in [0.4, 0.5) is 4.39 Å². The van der Waals surface area contributed by atoms with Gasteiger partial charge in [0.1, 0.15) is 11.2 Å². The van der Waals surface area contributed by atoms with Gasteiger partial charge in [-0.2, -0.15) is 0 Å². The zero-order valence-electron chi connectivity index (χ0n) is 16.5. The van der Waals surface area contributed by atoms with Crippen LogP contribution in [0.2, 0.25) is 0 Å². The zero-order valence-corrected chi connectivity index (χ0v) is 16.5. The van der Waals surface area contributed by atoms with Crippen LogP contribution in [0.3, 0.4) is 0 Å². The molecule has 1 fully saturated rings. The predicted octanol–water partition coefficient (Wildman–Crippen LogP) is 3.43. The molecular formula is C23H26FNO4. The van der Waals surface area contributed by atoms with E-state index in [0.717, 1.165) is 5.56 Å². The molecule has 1 heterocycles. The Labute approximate surface area is 169 Å². The summed E-state index contributed by atoms with van der Waals surface area (Å²) in [5.74, 6) is -2.02. The van der Waals surface area contributed by atoms with Gasteiger partial charge in [0.05, 0.1) is 6.10 Å². The number of benzene rings is 2. The van der Waals surface area contributed by atoms with Crippen LogP contribution in [0.15, 0.2) is 48.5 Å². The van der Waals surface area contributed by atoms with E-state index in [9.17, 15) is 24.2 Å². The molecule has 5 nitrogen and oxygen atoms in total. The molecule has 2 atom stereocenters. The van der Waals surface area contributed by atoms with E-state index < -0.39 is 29.2 Å². The van der Waals surface area contributed by atoms with E-state index in [0.29, 0.717) is 18.4 Å². The van der Waals surface area contributed by atoms with Gasteiger partial charge in [-0.15, -0.1) is 0 Å². The number of hydrogen-bond donors (Lipinski definition) is 2. The van der Waals surface area contributed by atoms with Crippen molar-refractivity contribution in [3.63, 3.8) is 0 Å². The Morgan fingerprint density at radius 1 is 1.21 bits per heavy atom. The molecule has 0 bridgehead atoms. The number of nitrogens with zero attached hydrogens (tertiary/aromatic N) is 1. The lowest BCUT2D eigenvalue weighted by molar-refractivity contribution is -0.162. The molecule has 1 aliphatic heterocycles. The van der Waals surface area contributed by atoms with Gasteiger partial charge in [-0.05, 0) is 55.9 Å². The second kappa shape index (κ2) is 8.74. The summed E-state index contributed by atoms with van der Waals surface area (Å²) in [6.07, 6.45) is 0.670. The van der Waals surface area contributed by atoms with Crippen LogP contribution >= 0.6 is 0 Å². The van der Waals surface area contributed by atoms with E-state index in [-0.39, 0.29) is 31.5 Å². The number of likely N-dealkylation sites (tertiary alicyclic amines) is 1. The van der Waals surface area contributed by atoms with Crippen LogP contribution in [0.5, 0.6) is 0 Å². The average molecular weight is 399 g/mol. The van der Waals surface area contributed by atoms with E-state index in [1.54, 1.807) is 6.92 Å². The van der Waals surface area contributed by atoms with Gasteiger partial charge in [0.2, 0.25) is 0 Å². The minimum atomic E-state index is -1.43. The normalized spacial score (nSPS) is 21.8. The highest BCUT2D eigenvalue weighted by molar-refractivity contribution is 5.96. The molecule has 0 aliphatic carbocycles. The lowest BCUT2D eigenvalue weighted by atomic mass is 9.73. The van der Waals surface area contributed by atoms with E-state index in [1.807, 2.05) is 30.3 Å². The van der Waals surface area contributed by atoms with Crippen molar-refractivity contribution in [1.82, 2.24) is 4.90 Å². The average Bonchev–Trinajstić information content (AvgIpc) is 2.71. The molecule has 2 aromatic rings. The fraction of sp³-hybridized carbons (Fsp3) is 0.391. The van der Waals surface area contributed by atoms with Gasteiger partial charge in [0, 0.05) is 18.7 Å². The Kier molecular flexibility index (Phi) is 6.33. The number of aliphatic hydroxyl groups is 1. The molecule has 1 amide bonds. The van der Waals surface area contributed by atoms with Crippen LogP contribution in [0.25, 0.3) is 0 Å². The van der Waals surface area contributed by atoms with Crippen LogP contribution in [-0.4, -0.2) is 46.2 Å². The maximum atomic E-state index is 13.6. The molecule has 0 saturated carbocycles. The number of amides is 1. The highest BCUT2D eigenvalue weighted by atomic mass is 19.1. The van der Waals surface area contributed by atoms with Gasteiger partial charge in [0.15, 0.2) is 0 Å². The summed E-state index contributed by atoms with van der Waals surface area (Å²) in [5, 5.41) is 20.5. The first-order valence-corrected chi connectivity index (χ1v) is 9.84. The second-order valence-electron chi connectivity index (χ2n) is 7.79. The fourth-order valence-corrected chi connectivity index (χ4v) is 4.06. The van der Waals surface area contributed by atoms with E-state index >= 15 is 0 Å². The Hall–Kier alpha value is -2.73. The maximum absolute atomic E-state index is 13.6. The Morgan fingerprint density at radius 3 is 2.62 bits per heavy atom. The molecule has 2 N–H and O–H groups in total. The third-order valence-corrected chi connectivity index (χ3v) is 5.86. The van der Waals surface area contributed by atoms with Crippen molar-refractivity contribution in [2.24, 2.45) is 5.41 Å². The van der Waals surface area contributed by atoms with Crippen molar-refractivity contribution in [1.29, 1.82) is 0 Å². The quantitative estimate of drug-likeness (QED) is 0.780. The Morgan fingerprint density at radius 2 is 1.93 bits per heavy atom. The number of rotatable bonds is 6. The van der Waals surface area contributed by atoms with Gasteiger partial charge in [-0.3, -0.25) is 9.59 Å². The number of carbonyl (C=O) groups is 2. The van der Waals surface area contributed by atoms with E-state index in [1.165, 1.54) is 23.1 Å². The number of carboxylic acid groups (broad SMARTS) is 1. The first-order valence-electron chi connectivity index (χ1n) is 9.84. The Bertz CT molecular complexity index is 886. The molecule has 29 heavy (non-hydrogen) atoms. The summed E-state index contributed by atoms with van der Waals surface area (Å²) in [5.41, 5.74) is 0.531. The molecule has 0 unspecified atom stereocenters. The van der Waals surface area contributed by atoms with E-state index in [2.05, 4.69) is 0 Å². The van der Waals surface area contributed by atoms with Crippen molar-refractivity contribution in [2.75, 3.05) is 13.1 Å². The van der Waals surface area contributed by atoms with Crippen LogP contribution in [0.1, 0.15) is 40.7 Å². The molecule has 2 aromatic carbocycles. The van der Waals surface area contributed by atoms with Crippen LogP contribution < -0.4 is 0 Å². The first kappa shape index (κ1) is 21.0. The van der Waals surface area contributed by atoms with Gasteiger partial charge in [-0.1, -0.05) is 36.4 Å². The van der Waals surface area contributed by atoms with Crippen LogP contribution in [0, 0.1) is 18.2 Å². The molecule has 1 saturated heterocycles. The van der Waals surface area contributed by atoms with Gasteiger partial charge >= 0.3 is 5.97 Å². The zero-order chi connectivity index (χ0) is 21.0. The Balaban J connectivity index is 1.78. The van der Waals surface area contributed by atoms with Crippen molar-refractivity contribution >= 4 is 11.9 Å². The monoisotopic (exact) mass is 399 g/mol. The standard InChI is InChI=1S/C23H26FNO4/c1-16-9-10-18(24)14-19(16)21(27)25-13-11-20(26)23(15-25,22(28)29)12-5-8-17-6-3-2-4-7-17/h2-4,6-7,9-10,14,20,26H,5,8,11-13,15H2,1H3,(H,28,29)/t20-,23+/m0/s1. The van der Waals surface area contributed by atoms with Gasteiger partial charge in [0.25, 0.3) is 5.91 Å².